The first kappa shape index (κ1) is 28.6. The van der Waals surface area contributed by atoms with Crippen LogP contribution in [0.25, 0.3) is 0 Å². The number of anilines is 1. The Bertz CT molecular complexity index is 1410. The predicted octanol–water partition coefficient (Wildman–Crippen LogP) is 5.02. The lowest BCUT2D eigenvalue weighted by Crippen LogP contribution is -2.55. The molecule has 5 rings (SSSR count). The smallest absolute Gasteiger partial charge is 0.224 e. The van der Waals surface area contributed by atoms with Gasteiger partial charge in [0.15, 0.2) is 0 Å². The monoisotopic (exact) mass is 571 g/mol. The predicted molar refractivity (Wildman–Crippen MR) is 158 cm³/mol. The van der Waals surface area contributed by atoms with Gasteiger partial charge in [-0.3, -0.25) is 9.78 Å². The highest BCUT2D eigenvalue weighted by Crippen LogP contribution is 2.36. The van der Waals surface area contributed by atoms with E-state index in [0.29, 0.717) is 49.8 Å². The highest BCUT2D eigenvalue weighted by molar-refractivity contribution is 6.32. The lowest BCUT2D eigenvalue weighted by molar-refractivity contribution is -0.122. The summed E-state index contributed by atoms with van der Waals surface area (Å²) < 4.78 is 12.0. The van der Waals surface area contributed by atoms with E-state index in [1.54, 1.807) is 12.3 Å². The molecule has 2 aliphatic rings. The summed E-state index contributed by atoms with van der Waals surface area (Å²) in [6, 6.07) is 23.1. The van der Waals surface area contributed by atoms with Gasteiger partial charge in [-0.15, -0.1) is 0 Å². The highest BCUT2D eigenvalue weighted by atomic mass is 35.5. The Kier molecular flexibility index (Phi) is 9.52. The summed E-state index contributed by atoms with van der Waals surface area (Å²) in [5, 5.41) is 20.7. The van der Waals surface area contributed by atoms with Crippen LogP contribution in [0.1, 0.15) is 31.0 Å². The molecule has 8 nitrogen and oxygen atoms in total. The minimum atomic E-state index is -0.371. The van der Waals surface area contributed by atoms with E-state index < -0.39 is 0 Å². The van der Waals surface area contributed by atoms with Crippen LogP contribution in [0.2, 0.25) is 5.02 Å². The van der Waals surface area contributed by atoms with Gasteiger partial charge in [-0.25, -0.2) is 0 Å². The third kappa shape index (κ3) is 7.25. The maximum Gasteiger partial charge on any atom is 0.224 e. The highest BCUT2D eigenvalue weighted by Gasteiger charge is 2.40. The first-order valence-electron chi connectivity index (χ1n) is 13.9. The van der Waals surface area contributed by atoms with Crippen LogP contribution in [0.5, 0.6) is 5.75 Å². The maximum absolute atomic E-state index is 13.0. The van der Waals surface area contributed by atoms with Crippen LogP contribution in [0.3, 0.4) is 0 Å². The first-order valence-corrected chi connectivity index (χ1v) is 14.3. The van der Waals surface area contributed by atoms with Crippen molar-refractivity contribution in [3.8, 4) is 11.8 Å². The molecule has 0 bridgehead atoms. The molecule has 1 aliphatic heterocycles. The van der Waals surface area contributed by atoms with Crippen molar-refractivity contribution in [3.63, 3.8) is 0 Å². The topological polar surface area (TPSA) is 108 Å². The largest absolute Gasteiger partial charge is 0.486 e. The molecule has 1 aliphatic carbocycles. The number of carbonyl (C=O) groups is 1. The summed E-state index contributed by atoms with van der Waals surface area (Å²) in [6.45, 7) is 3.36. The lowest BCUT2D eigenvalue weighted by atomic mass is 9.78. The number of benzene rings is 2. The zero-order valence-corrected chi connectivity index (χ0v) is 23.7. The van der Waals surface area contributed by atoms with Gasteiger partial charge in [-0.2, -0.15) is 5.26 Å². The van der Waals surface area contributed by atoms with Gasteiger partial charge >= 0.3 is 0 Å². The van der Waals surface area contributed by atoms with E-state index in [4.69, 9.17) is 21.1 Å². The van der Waals surface area contributed by atoms with Crippen molar-refractivity contribution in [2.24, 2.45) is 5.92 Å². The number of carbonyl (C=O) groups excluding carboxylic acids is 1. The number of hydrogen-bond donors (Lipinski definition) is 3. The molecule has 2 aromatic carbocycles. The molecular weight excluding hydrogens is 538 g/mol. The van der Waals surface area contributed by atoms with Crippen molar-refractivity contribution < 1.29 is 14.3 Å². The quantitative estimate of drug-likeness (QED) is 0.314. The second kappa shape index (κ2) is 13.6. The molecule has 0 radical (unpaired) electrons. The SMILES string of the molecule is CCOC1CC2NCC(C#N)C(Nc3ccc(OCc4ccccn4)c(Cl)c3)=C2CC1NC(=O)Cc1ccccc1. The number of nitriles is 1. The van der Waals surface area contributed by atoms with Crippen molar-refractivity contribution in [1.82, 2.24) is 15.6 Å². The number of pyridine rings is 1. The van der Waals surface area contributed by atoms with E-state index in [1.807, 2.05) is 67.6 Å². The summed E-state index contributed by atoms with van der Waals surface area (Å²) in [5.74, 6) is 0.136. The summed E-state index contributed by atoms with van der Waals surface area (Å²) in [5.41, 5.74) is 4.46. The summed E-state index contributed by atoms with van der Waals surface area (Å²) >= 11 is 6.58. The summed E-state index contributed by atoms with van der Waals surface area (Å²) in [4.78, 5) is 17.3. The van der Waals surface area contributed by atoms with Crippen LogP contribution in [-0.2, 0) is 22.6 Å². The van der Waals surface area contributed by atoms with E-state index in [-0.39, 0.29) is 30.0 Å². The van der Waals surface area contributed by atoms with Gasteiger partial charge in [0, 0.05) is 36.8 Å². The van der Waals surface area contributed by atoms with E-state index >= 15 is 0 Å². The van der Waals surface area contributed by atoms with Crippen molar-refractivity contribution >= 4 is 23.2 Å². The standard InChI is InChI=1S/C32H34ClN5O3/c1-2-40-30-17-27-25(16-28(30)38-31(39)14-21-8-4-3-5-9-21)32(22(18-34)19-36-27)37-23-11-12-29(26(33)15-23)41-20-24-10-6-7-13-35-24/h3-13,15,22,27-28,30,36-37H,2,14,16-17,19-20H2,1H3,(H,38,39). The Morgan fingerprint density at radius 1 is 1.17 bits per heavy atom. The van der Waals surface area contributed by atoms with E-state index in [1.165, 1.54) is 0 Å². The van der Waals surface area contributed by atoms with Crippen molar-refractivity contribution in [3.05, 3.63) is 100 Å². The average molecular weight is 572 g/mol. The number of nitrogens with one attached hydrogen (secondary N) is 3. The molecule has 4 atom stereocenters. The van der Waals surface area contributed by atoms with E-state index in [2.05, 4.69) is 27.0 Å². The molecule has 212 valence electrons. The third-order valence-corrected chi connectivity index (χ3v) is 7.74. The Morgan fingerprint density at radius 3 is 2.73 bits per heavy atom. The Labute approximate surface area is 245 Å². The number of fused-ring (bicyclic) bond motifs is 1. The van der Waals surface area contributed by atoms with Crippen LogP contribution < -0.4 is 20.7 Å². The minimum absolute atomic E-state index is 0.0392. The van der Waals surface area contributed by atoms with Crippen LogP contribution >= 0.6 is 11.6 Å². The number of hydrogen-bond acceptors (Lipinski definition) is 7. The van der Waals surface area contributed by atoms with Crippen LogP contribution in [0.4, 0.5) is 5.69 Å². The molecule has 0 saturated heterocycles. The van der Waals surface area contributed by atoms with Crippen LogP contribution in [-0.4, -0.2) is 42.2 Å². The molecular formula is C32H34ClN5O3. The molecule has 0 spiro atoms. The Morgan fingerprint density at radius 2 is 2.00 bits per heavy atom. The molecule has 2 heterocycles. The minimum Gasteiger partial charge on any atom is -0.486 e. The number of rotatable bonds is 10. The van der Waals surface area contributed by atoms with Crippen LogP contribution in [0.15, 0.2) is 84.2 Å². The number of halogens is 1. The molecule has 4 unspecified atom stereocenters. The number of amides is 1. The third-order valence-electron chi connectivity index (χ3n) is 7.44. The number of ether oxygens (including phenoxy) is 2. The number of aromatic nitrogens is 1. The normalized spacial score (nSPS) is 21.9. The maximum atomic E-state index is 13.0. The second-order valence-electron chi connectivity index (χ2n) is 10.2. The number of nitrogens with zero attached hydrogens (tertiary/aromatic N) is 2. The zero-order valence-electron chi connectivity index (χ0n) is 23.0. The fraction of sp³-hybridized carbons (Fsp3) is 0.344. The first-order chi connectivity index (χ1) is 20.0. The zero-order chi connectivity index (χ0) is 28.6. The summed E-state index contributed by atoms with van der Waals surface area (Å²) in [6.07, 6.45) is 3.16. The Balaban J connectivity index is 1.34. The van der Waals surface area contributed by atoms with Crippen molar-refractivity contribution in [1.29, 1.82) is 5.26 Å². The van der Waals surface area contributed by atoms with Crippen molar-refractivity contribution in [2.45, 2.75) is 51.0 Å². The van der Waals surface area contributed by atoms with Crippen molar-refractivity contribution in [2.75, 3.05) is 18.5 Å². The van der Waals surface area contributed by atoms with E-state index in [0.717, 1.165) is 28.2 Å². The van der Waals surface area contributed by atoms with E-state index in [9.17, 15) is 10.1 Å². The molecule has 1 fully saturated rings. The lowest BCUT2D eigenvalue weighted by Gasteiger charge is -2.43. The van der Waals surface area contributed by atoms with Gasteiger partial charge in [0.2, 0.25) is 5.91 Å². The molecule has 41 heavy (non-hydrogen) atoms. The van der Waals surface area contributed by atoms with Gasteiger partial charge in [0.25, 0.3) is 0 Å². The molecule has 3 aromatic rings. The van der Waals surface area contributed by atoms with Gasteiger partial charge in [-0.05, 0) is 61.2 Å². The molecule has 3 N–H and O–H groups in total. The Hall–Kier alpha value is -3.90. The van der Waals surface area contributed by atoms with Gasteiger partial charge in [0.05, 0.1) is 41.3 Å². The molecule has 1 saturated carbocycles. The molecule has 1 amide bonds. The van der Waals surface area contributed by atoms with Gasteiger partial charge in [-0.1, -0.05) is 48.0 Å². The van der Waals surface area contributed by atoms with Crippen LogP contribution in [0, 0.1) is 17.2 Å². The average Bonchev–Trinajstić information content (AvgIpc) is 2.98. The summed E-state index contributed by atoms with van der Waals surface area (Å²) in [7, 11) is 0. The molecule has 1 aromatic heterocycles. The molecule has 9 heteroatoms. The second-order valence-corrected chi connectivity index (χ2v) is 10.6. The fourth-order valence-electron chi connectivity index (χ4n) is 5.48. The fourth-order valence-corrected chi connectivity index (χ4v) is 5.72. The van der Waals surface area contributed by atoms with Gasteiger partial charge < -0.3 is 25.4 Å². The van der Waals surface area contributed by atoms with Gasteiger partial charge in [0.1, 0.15) is 12.4 Å².